The van der Waals surface area contributed by atoms with Crippen LogP contribution in [0.1, 0.15) is 27.7 Å². The quantitative estimate of drug-likeness (QED) is 0.601. The molecule has 0 fully saturated rings. The summed E-state index contributed by atoms with van der Waals surface area (Å²) in [5, 5.41) is 20.1. The molecule has 0 unspecified atom stereocenters. The van der Waals surface area contributed by atoms with Gasteiger partial charge in [0.15, 0.2) is 6.04 Å². The number of aliphatic hydroxyl groups is 1. The van der Waals surface area contributed by atoms with E-state index >= 15 is 0 Å². The SMILES string of the molecule is C[C@@H](O)[C@@H](NC(=O)C(C)(C)C)C(=O)O. The third-order valence-corrected chi connectivity index (χ3v) is 1.72. The summed E-state index contributed by atoms with van der Waals surface area (Å²) in [7, 11) is 0. The number of hydrogen-bond acceptors (Lipinski definition) is 3. The van der Waals surface area contributed by atoms with Crippen LogP contribution in [0.25, 0.3) is 0 Å². The molecule has 0 saturated heterocycles. The van der Waals surface area contributed by atoms with E-state index in [9.17, 15) is 9.59 Å². The second-order valence-corrected chi connectivity index (χ2v) is 4.28. The molecule has 0 radical (unpaired) electrons. The van der Waals surface area contributed by atoms with Crippen LogP contribution in [0.15, 0.2) is 0 Å². The van der Waals surface area contributed by atoms with Crippen molar-refractivity contribution in [2.75, 3.05) is 0 Å². The van der Waals surface area contributed by atoms with Gasteiger partial charge in [-0.1, -0.05) is 20.8 Å². The fraction of sp³-hybridized carbons (Fsp3) is 0.778. The molecule has 0 aromatic rings. The van der Waals surface area contributed by atoms with Crippen LogP contribution in [0, 0.1) is 5.41 Å². The highest BCUT2D eigenvalue weighted by atomic mass is 16.4. The number of rotatable bonds is 3. The Bertz CT molecular complexity index is 229. The average molecular weight is 203 g/mol. The number of hydrogen-bond donors (Lipinski definition) is 3. The van der Waals surface area contributed by atoms with Crippen LogP contribution in [0.3, 0.4) is 0 Å². The molecule has 0 spiro atoms. The van der Waals surface area contributed by atoms with Gasteiger partial charge in [-0.3, -0.25) is 4.79 Å². The standard InChI is InChI=1S/C9H17NO4/c1-5(11)6(7(12)13)10-8(14)9(2,3)4/h5-6,11H,1-4H3,(H,10,14)(H,12,13)/t5-,6-/m1/s1. The number of aliphatic hydroxyl groups excluding tert-OH is 1. The van der Waals surface area contributed by atoms with Crippen LogP contribution in [-0.4, -0.2) is 34.2 Å². The maximum atomic E-state index is 11.4. The third-order valence-electron chi connectivity index (χ3n) is 1.72. The first-order valence-electron chi connectivity index (χ1n) is 4.38. The van der Waals surface area contributed by atoms with Gasteiger partial charge in [-0.25, -0.2) is 4.79 Å². The van der Waals surface area contributed by atoms with Gasteiger partial charge < -0.3 is 15.5 Å². The lowest BCUT2D eigenvalue weighted by molar-refractivity contribution is -0.146. The van der Waals surface area contributed by atoms with E-state index in [0.717, 1.165) is 0 Å². The third kappa shape index (κ3) is 3.74. The van der Waals surface area contributed by atoms with E-state index in [1.807, 2.05) is 0 Å². The molecule has 0 aromatic heterocycles. The smallest absolute Gasteiger partial charge is 0.328 e. The largest absolute Gasteiger partial charge is 0.480 e. The van der Waals surface area contributed by atoms with Crippen molar-refractivity contribution in [3.8, 4) is 0 Å². The van der Waals surface area contributed by atoms with E-state index in [-0.39, 0.29) is 0 Å². The number of carboxylic acid groups (broad SMARTS) is 1. The summed E-state index contributed by atoms with van der Waals surface area (Å²) < 4.78 is 0. The van der Waals surface area contributed by atoms with E-state index in [1.54, 1.807) is 20.8 Å². The van der Waals surface area contributed by atoms with Gasteiger partial charge in [0.2, 0.25) is 5.91 Å². The van der Waals surface area contributed by atoms with Crippen molar-refractivity contribution in [1.29, 1.82) is 0 Å². The van der Waals surface area contributed by atoms with Gasteiger partial charge in [-0.2, -0.15) is 0 Å². The molecule has 3 N–H and O–H groups in total. The van der Waals surface area contributed by atoms with Gasteiger partial charge in [0.05, 0.1) is 6.10 Å². The van der Waals surface area contributed by atoms with Crippen LogP contribution < -0.4 is 5.32 Å². The van der Waals surface area contributed by atoms with Gasteiger partial charge in [0.1, 0.15) is 0 Å². The molecule has 2 atom stereocenters. The zero-order valence-electron chi connectivity index (χ0n) is 8.87. The van der Waals surface area contributed by atoms with E-state index in [0.29, 0.717) is 0 Å². The second kappa shape index (κ2) is 4.41. The number of amides is 1. The Kier molecular flexibility index (Phi) is 4.07. The van der Waals surface area contributed by atoms with E-state index in [1.165, 1.54) is 6.92 Å². The molecule has 0 heterocycles. The Hall–Kier alpha value is -1.10. The molecule has 5 nitrogen and oxygen atoms in total. The van der Waals surface area contributed by atoms with Crippen LogP contribution in [-0.2, 0) is 9.59 Å². The van der Waals surface area contributed by atoms with E-state index in [4.69, 9.17) is 10.2 Å². The Labute approximate surface area is 83.1 Å². The van der Waals surface area contributed by atoms with Gasteiger partial charge >= 0.3 is 5.97 Å². The number of carboxylic acids is 1. The monoisotopic (exact) mass is 203 g/mol. The average Bonchev–Trinajstić information content (AvgIpc) is 1.96. The van der Waals surface area contributed by atoms with Gasteiger partial charge in [-0.05, 0) is 6.92 Å². The minimum atomic E-state index is -1.25. The Morgan fingerprint density at radius 3 is 1.93 bits per heavy atom. The predicted octanol–water partition coefficient (Wildman–Crippen LogP) is -0.0173. The highest BCUT2D eigenvalue weighted by Gasteiger charge is 2.29. The molecular formula is C9H17NO4. The number of carbonyl (C=O) groups excluding carboxylic acids is 1. The van der Waals surface area contributed by atoms with Gasteiger partial charge in [-0.15, -0.1) is 0 Å². The van der Waals surface area contributed by atoms with Crippen LogP contribution in [0.4, 0.5) is 0 Å². The van der Waals surface area contributed by atoms with E-state index in [2.05, 4.69) is 5.32 Å². The summed E-state index contributed by atoms with van der Waals surface area (Å²) in [4.78, 5) is 22.0. The zero-order valence-corrected chi connectivity index (χ0v) is 8.87. The Morgan fingerprint density at radius 1 is 1.29 bits per heavy atom. The summed E-state index contributed by atoms with van der Waals surface area (Å²) in [6, 6.07) is -1.25. The fourth-order valence-corrected chi connectivity index (χ4v) is 0.746. The number of nitrogens with one attached hydrogen (secondary N) is 1. The molecule has 0 rings (SSSR count). The van der Waals surface area contributed by atoms with Crippen LogP contribution >= 0.6 is 0 Å². The highest BCUT2D eigenvalue weighted by Crippen LogP contribution is 2.13. The minimum Gasteiger partial charge on any atom is -0.480 e. The molecule has 1 amide bonds. The predicted molar refractivity (Wildman–Crippen MR) is 50.7 cm³/mol. The summed E-state index contributed by atoms with van der Waals surface area (Å²) >= 11 is 0. The summed E-state index contributed by atoms with van der Waals surface area (Å²) in [5.74, 6) is -1.64. The summed E-state index contributed by atoms with van der Waals surface area (Å²) in [6.07, 6.45) is -1.11. The molecule has 0 aliphatic carbocycles. The number of aliphatic carboxylic acids is 1. The Morgan fingerprint density at radius 2 is 1.71 bits per heavy atom. The molecule has 0 aliphatic rings. The molecule has 0 bridgehead atoms. The Balaban J connectivity index is 4.48. The molecule has 5 heteroatoms. The first kappa shape index (κ1) is 12.9. The minimum absolute atomic E-state index is 0.397. The lowest BCUT2D eigenvalue weighted by atomic mass is 9.95. The lowest BCUT2D eigenvalue weighted by Gasteiger charge is -2.23. The molecule has 0 aliphatic heterocycles. The highest BCUT2D eigenvalue weighted by molar-refractivity contribution is 5.86. The molecule has 0 saturated carbocycles. The number of carbonyl (C=O) groups is 2. The first-order chi connectivity index (χ1) is 6.16. The molecule has 0 aromatic carbocycles. The van der Waals surface area contributed by atoms with Crippen molar-refractivity contribution in [2.24, 2.45) is 5.41 Å². The second-order valence-electron chi connectivity index (χ2n) is 4.28. The first-order valence-corrected chi connectivity index (χ1v) is 4.38. The van der Waals surface area contributed by atoms with Crippen LogP contribution in [0.5, 0.6) is 0 Å². The molecule has 14 heavy (non-hydrogen) atoms. The van der Waals surface area contributed by atoms with Crippen molar-refractivity contribution in [3.05, 3.63) is 0 Å². The van der Waals surface area contributed by atoms with E-state index < -0.39 is 29.4 Å². The zero-order chi connectivity index (χ0) is 11.5. The van der Waals surface area contributed by atoms with Crippen molar-refractivity contribution in [1.82, 2.24) is 5.32 Å². The molecule has 82 valence electrons. The van der Waals surface area contributed by atoms with Gasteiger partial charge in [0.25, 0.3) is 0 Å². The van der Waals surface area contributed by atoms with Gasteiger partial charge in [0, 0.05) is 5.41 Å². The normalized spacial score (nSPS) is 15.8. The fourth-order valence-electron chi connectivity index (χ4n) is 0.746. The van der Waals surface area contributed by atoms with Crippen molar-refractivity contribution >= 4 is 11.9 Å². The van der Waals surface area contributed by atoms with Crippen LogP contribution in [0.2, 0.25) is 0 Å². The van der Waals surface area contributed by atoms with Crippen molar-refractivity contribution in [2.45, 2.75) is 39.8 Å². The maximum Gasteiger partial charge on any atom is 0.328 e. The maximum absolute atomic E-state index is 11.4. The van der Waals surface area contributed by atoms with Crippen molar-refractivity contribution < 1.29 is 19.8 Å². The summed E-state index contributed by atoms with van der Waals surface area (Å²) in [6.45, 7) is 6.33. The topological polar surface area (TPSA) is 86.6 Å². The molecular weight excluding hydrogens is 186 g/mol. The lowest BCUT2D eigenvalue weighted by Crippen LogP contribution is -2.50. The van der Waals surface area contributed by atoms with Crippen molar-refractivity contribution in [3.63, 3.8) is 0 Å². The summed E-state index contributed by atoms with van der Waals surface area (Å²) in [5.41, 5.74) is -0.664.